The van der Waals surface area contributed by atoms with Crippen LogP contribution in [0.5, 0.6) is 0 Å². The number of carbonyl (C=O) groups is 2. The molecule has 0 aromatic heterocycles. The lowest BCUT2D eigenvalue weighted by Crippen LogP contribution is -2.52. The van der Waals surface area contributed by atoms with E-state index in [-0.39, 0.29) is 11.8 Å². The van der Waals surface area contributed by atoms with Crippen LogP contribution in [0, 0.1) is 0 Å². The number of anilines is 1. The Bertz CT molecular complexity index is 515. The topological polar surface area (TPSA) is 58.2 Å². The van der Waals surface area contributed by atoms with E-state index < -0.39 is 4.75 Å². The summed E-state index contributed by atoms with van der Waals surface area (Å²) in [6.07, 6.45) is 1.58. The van der Waals surface area contributed by atoms with Gasteiger partial charge in [0.05, 0.1) is 5.69 Å². The van der Waals surface area contributed by atoms with E-state index in [1.807, 2.05) is 24.3 Å². The molecule has 1 aliphatic heterocycles. The van der Waals surface area contributed by atoms with E-state index in [1.54, 1.807) is 13.0 Å². The highest BCUT2D eigenvalue weighted by Crippen LogP contribution is 2.42. The monoisotopic (exact) mass is 262 g/mol. The average molecular weight is 262 g/mol. The van der Waals surface area contributed by atoms with Crippen LogP contribution in [-0.2, 0) is 9.59 Å². The largest absolute Gasteiger partial charge is 0.351 e. The molecular weight excluding hydrogens is 248 g/mol. The van der Waals surface area contributed by atoms with Crippen molar-refractivity contribution in [3.8, 4) is 0 Å². The number of fused-ring (bicyclic) bond motifs is 1. The van der Waals surface area contributed by atoms with Crippen molar-refractivity contribution >= 4 is 29.3 Å². The lowest BCUT2D eigenvalue weighted by molar-refractivity contribution is -0.129. The molecule has 0 saturated carbocycles. The third-order valence-corrected chi connectivity index (χ3v) is 4.08. The minimum absolute atomic E-state index is 0.298. The predicted molar refractivity (Wildman–Crippen MR) is 72.5 cm³/mol. The first-order valence-corrected chi connectivity index (χ1v) is 6.38. The molecule has 2 amide bonds. The number of benzene rings is 1. The highest BCUT2D eigenvalue weighted by Gasteiger charge is 2.45. The molecule has 0 saturated heterocycles. The van der Waals surface area contributed by atoms with Gasteiger partial charge in [0.15, 0.2) is 4.75 Å². The van der Waals surface area contributed by atoms with Gasteiger partial charge in [-0.1, -0.05) is 30.0 Å². The molecule has 2 rings (SSSR count). The van der Waals surface area contributed by atoms with Crippen LogP contribution in [0.2, 0.25) is 0 Å². The molecule has 0 radical (unpaired) electrons. The number of rotatable bonds is 3. The van der Waals surface area contributed by atoms with Crippen LogP contribution >= 0.6 is 11.8 Å². The molecule has 18 heavy (non-hydrogen) atoms. The van der Waals surface area contributed by atoms with Crippen molar-refractivity contribution in [2.24, 2.45) is 0 Å². The summed E-state index contributed by atoms with van der Waals surface area (Å²) in [5.74, 6) is -0.604. The fraction of sp³-hybridized carbons (Fsp3) is 0.231. The van der Waals surface area contributed by atoms with E-state index in [2.05, 4.69) is 17.2 Å². The van der Waals surface area contributed by atoms with Gasteiger partial charge in [-0.25, -0.2) is 0 Å². The maximum absolute atomic E-state index is 12.1. The molecule has 0 bridgehead atoms. The second-order valence-electron chi connectivity index (χ2n) is 4.08. The SMILES string of the molecule is C=CCNC(=O)C1(C)Sc2ccccc2NC1=O. The molecule has 94 valence electrons. The molecule has 0 fully saturated rings. The van der Waals surface area contributed by atoms with Gasteiger partial charge in [0.1, 0.15) is 0 Å². The number of amides is 2. The Kier molecular flexibility index (Phi) is 3.43. The Labute approximate surface area is 110 Å². The maximum Gasteiger partial charge on any atom is 0.250 e. The van der Waals surface area contributed by atoms with Gasteiger partial charge < -0.3 is 10.6 Å². The van der Waals surface area contributed by atoms with Crippen LogP contribution in [0.15, 0.2) is 41.8 Å². The zero-order chi connectivity index (χ0) is 13.2. The van der Waals surface area contributed by atoms with Gasteiger partial charge in [-0.2, -0.15) is 0 Å². The molecule has 5 heteroatoms. The number of hydrogen-bond acceptors (Lipinski definition) is 3. The van der Waals surface area contributed by atoms with Crippen LogP contribution in [-0.4, -0.2) is 23.1 Å². The number of carbonyl (C=O) groups excluding carboxylic acids is 2. The van der Waals surface area contributed by atoms with Gasteiger partial charge in [-0.05, 0) is 19.1 Å². The summed E-state index contributed by atoms with van der Waals surface area (Å²) in [4.78, 5) is 25.0. The summed E-state index contributed by atoms with van der Waals surface area (Å²) in [6, 6.07) is 7.44. The zero-order valence-corrected chi connectivity index (χ0v) is 10.8. The number of hydrogen-bond donors (Lipinski definition) is 2. The van der Waals surface area contributed by atoms with Gasteiger partial charge >= 0.3 is 0 Å². The quantitative estimate of drug-likeness (QED) is 0.645. The van der Waals surface area contributed by atoms with E-state index in [1.165, 1.54) is 11.8 Å². The van der Waals surface area contributed by atoms with Gasteiger partial charge in [0.25, 0.3) is 0 Å². The second kappa shape index (κ2) is 4.86. The van der Waals surface area contributed by atoms with Crippen LogP contribution in [0.3, 0.4) is 0 Å². The van der Waals surface area contributed by atoms with Crippen LogP contribution in [0.1, 0.15) is 6.92 Å². The van der Waals surface area contributed by atoms with Gasteiger partial charge in [-0.15, -0.1) is 6.58 Å². The summed E-state index contributed by atoms with van der Waals surface area (Å²) >= 11 is 1.27. The van der Waals surface area contributed by atoms with Gasteiger partial charge in [0, 0.05) is 11.4 Å². The fourth-order valence-electron chi connectivity index (χ4n) is 1.65. The first-order valence-electron chi connectivity index (χ1n) is 5.56. The summed E-state index contributed by atoms with van der Waals surface area (Å²) in [7, 11) is 0. The Hall–Kier alpha value is -1.75. The molecular formula is C13H14N2O2S. The molecule has 1 aromatic carbocycles. The van der Waals surface area contributed by atoms with E-state index >= 15 is 0 Å². The Balaban J connectivity index is 2.27. The van der Waals surface area contributed by atoms with E-state index in [0.29, 0.717) is 6.54 Å². The standard InChI is InChI=1S/C13H14N2O2S/c1-3-8-14-11(16)13(2)12(17)15-9-6-4-5-7-10(9)18-13/h3-7H,1,8H2,2H3,(H,14,16)(H,15,17). The van der Waals surface area contributed by atoms with Crippen LogP contribution in [0.25, 0.3) is 0 Å². The molecule has 1 aromatic rings. The third kappa shape index (κ3) is 2.13. The number of nitrogens with one attached hydrogen (secondary N) is 2. The average Bonchev–Trinajstić information content (AvgIpc) is 2.37. The molecule has 4 nitrogen and oxygen atoms in total. The van der Waals surface area contributed by atoms with Crippen molar-refractivity contribution in [2.75, 3.05) is 11.9 Å². The molecule has 1 unspecified atom stereocenters. The minimum atomic E-state index is -1.14. The van der Waals surface area contributed by atoms with Crippen molar-refractivity contribution in [3.63, 3.8) is 0 Å². The summed E-state index contributed by atoms with van der Waals surface area (Å²) in [6.45, 7) is 5.51. The lowest BCUT2D eigenvalue weighted by Gasteiger charge is -2.31. The van der Waals surface area contributed by atoms with E-state index in [4.69, 9.17) is 0 Å². The van der Waals surface area contributed by atoms with Crippen molar-refractivity contribution in [1.82, 2.24) is 5.32 Å². The molecule has 1 aliphatic rings. The summed E-state index contributed by atoms with van der Waals surface area (Å²) < 4.78 is -1.14. The lowest BCUT2D eigenvalue weighted by atomic mass is 10.1. The second-order valence-corrected chi connectivity index (χ2v) is 5.54. The van der Waals surface area contributed by atoms with Crippen molar-refractivity contribution in [3.05, 3.63) is 36.9 Å². The summed E-state index contributed by atoms with van der Waals surface area (Å²) in [5.41, 5.74) is 0.751. The maximum atomic E-state index is 12.1. The first kappa shape index (κ1) is 12.7. The first-order chi connectivity index (χ1) is 8.58. The third-order valence-electron chi connectivity index (χ3n) is 2.72. The Morgan fingerprint density at radius 3 is 3.00 bits per heavy atom. The van der Waals surface area contributed by atoms with E-state index in [0.717, 1.165) is 10.6 Å². The Morgan fingerprint density at radius 2 is 2.28 bits per heavy atom. The zero-order valence-electron chi connectivity index (χ0n) is 10.0. The normalized spacial score (nSPS) is 21.7. The van der Waals surface area contributed by atoms with Gasteiger partial charge in [0.2, 0.25) is 11.8 Å². The number of para-hydroxylation sites is 1. The molecule has 0 spiro atoms. The molecule has 0 aliphatic carbocycles. The van der Waals surface area contributed by atoms with Crippen LogP contribution < -0.4 is 10.6 Å². The minimum Gasteiger partial charge on any atom is -0.351 e. The van der Waals surface area contributed by atoms with Crippen molar-refractivity contribution < 1.29 is 9.59 Å². The van der Waals surface area contributed by atoms with E-state index in [9.17, 15) is 9.59 Å². The van der Waals surface area contributed by atoms with Gasteiger partial charge in [-0.3, -0.25) is 9.59 Å². The van der Waals surface area contributed by atoms with Crippen molar-refractivity contribution in [2.45, 2.75) is 16.6 Å². The highest BCUT2D eigenvalue weighted by molar-refractivity contribution is 8.02. The van der Waals surface area contributed by atoms with Crippen LogP contribution in [0.4, 0.5) is 5.69 Å². The summed E-state index contributed by atoms with van der Waals surface area (Å²) in [5, 5.41) is 5.43. The Morgan fingerprint density at radius 1 is 1.56 bits per heavy atom. The highest BCUT2D eigenvalue weighted by atomic mass is 32.2. The number of thioether (sulfide) groups is 1. The molecule has 2 N–H and O–H groups in total. The molecule has 1 atom stereocenters. The van der Waals surface area contributed by atoms with Crippen molar-refractivity contribution in [1.29, 1.82) is 0 Å². The fourth-order valence-corrected chi connectivity index (χ4v) is 2.77. The smallest absolute Gasteiger partial charge is 0.250 e. The molecule has 1 heterocycles. The predicted octanol–water partition coefficient (Wildman–Crippen LogP) is 1.79.